The third kappa shape index (κ3) is 9.45. The molecule has 2 aliphatic rings. The molecule has 2 rings (SSSR count). The number of amides is 2. The zero-order valence-corrected chi connectivity index (χ0v) is 21.0. The fourth-order valence-electron chi connectivity index (χ4n) is 3.62. The number of hydrogen-bond donors (Lipinski definition) is 1. The summed E-state index contributed by atoms with van der Waals surface area (Å²) in [7, 11) is 0. The molecule has 30 heavy (non-hydrogen) atoms. The smallest absolute Gasteiger partial charge is 0.410 e. The van der Waals surface area contributed by atoms with E-state index in [-0.39, 0.29) is 17.4 Å². The Hall–Kier alpha value is -0.970. The maximum atomic E-state index is 12.4. The number of piperidine rings is 1. The molecule has 6 heteroatoms. The summed E-state index contributed by atoms with van der Waals surface area (Å²) in [6.07, 6.45) is 11.1. The van der Waals surface area contributed by atoms with Crippen LogP contribution in [0.1, 0.15) is 99.3 Å². The van der Waals surface area contributed by atoms with E-state index in [2.05, 4.69) is 12.2 Å². The monoisotopic (exact) mass is 444 g/mol. The van der Waals surface area contributed by atoms with Gasteiger partial charge in [-0.25, -0.2) is 4.79 Å². The lowest BCUT2D eigenvalue weighted by Gasteiger charge is -2.40. The van der Waals surface area contributed by atoms with Crippen molar-refractivity contribution in [3.05, 3.63) is 0 Å². The molecule has 0 aromatic carbocycles. The molecular weight excluding hydrogens is 400 g/mol. The highest BCUT2D eigenvalue weighted by molar-refractivity contribution is 6.19. The molecule has 1 saturated carbocycles. The Labute approximate surface area is 189 Å². The van der Waals surface area contributed by atoms with Gasteiger partial charge < -0.3 is 15.0 Å². The van der Waals surface area contributed by atoms with Crippen LogP contribution >= 0.6 is 11.6 Å². The Morgan fingerprint density at radius 3 is 1.83 bits per heavy atom. The van der Waals surface area contributed by atoms with Crippen molar-refractivity contribution in [2.45, 2.75) is 105 Å². The molecule has 1 saturated heterocycles. The SMILES string of the molecule is C1CCCCC1.CCC(C)(CCl)C(=O)NCC1(C)CCN(C(=O)OC(C)(C)C)CC1. The van der Waals surface area contributed by atoms with Crippen molar-refractivity contribution in [1.29, 1.82) is 0 Å². The van der Waals surface area contributed by atoms with E-state index >= 15 is 0 Å². The van der Waals surface area contributed by atoms with Crippen LogP contribution in [-0.4, -0.2) is 48.0 Å². The van der Waals surface area contributed by atoms with Crippen molar-refractivity contribution in [2.24, 2.45) is 10.8 Å². The summed E-state index contributed by atoms with van der Waals surface area (Å²) in [5.41, 5.74) is -0.998. The van der Waals surface area contributed by atoms with Gasteiger partial charge in [-0.05, 0) is 52.4 Å². The van der Waals surface area contributed by atoms with Crippen LogP contribution in [-0.2, 0) is 9.53 Å². The van der Waals surface area contributed by atoms with E-state index in [1.54, 1.807) is 4.90 Å². The summed E-state index contributed by atoms with van der Waals surface area (Å²) in [5.74, 6) is 0.328. The van der Waals surface area contributed by atoms with Gasteiger partial charge in [0.25, 0.3) is 0 Å². The highest BCUT2D eigenvalue weighted by Gasteiger charge is 2.36. The lowest BCUT2D eigenvalue weighted by molar-refractivity contribution is -0.130. The molecule has 0 aromatic heterocycles. The molecule has 176 valence electrons. The van der Waals surface area contributed by atoms with Crippen molar-refractivity contribution in [2.75, 3.05) is 25.5 Å². The average molecular weight is 445 g/mol. The van der Waals surface area contributed by atoms with Crippen LogP contribution in [0.2, 0.25) is 0 Å². The maximum absolute atomic E-state index is 12.4. The van der Waals surface area contributed by atoms with Crippen LogP contribution in [0.15, 0.2) is 0 Å². The molecule has 2 fully saturated rings. The first-order valence-corrected chi connectivity index (χ1v) is 12.3. The fraction of sp³-hybridized carbons (Fsp3) is 0.917. The molecule has 1 atom stereocenters. The van der Waals surface area contributed by atoms with Crippen molar-refractivity contribution < 1.29 is 14.3 Å². The number of halogens is 1. The van der Waals surface area contributed by atoms with Crippen molar-refractivity contribution in [3.8, 4) is 0 Å². The minimum absolute atomic E-state index is 0.00482. The van der Waals surface area contributed by atoms with E-state index < -0.39 is 11.0 Å². The van der Waals surface area contributed by atoms with Gasteiger partial charge in [-0.1, -0.05) is 52.4 Å². The van der Waals surface area contributed by atoms with Crippen LogP contribution < -0.4 is 5.32 Å². The molecule has 0 bridgehead atoms. The molecule has 0 radical (unpaired) electrons. The number of carbonyl (C=O) groups excluding carboxylic acids is 2. The first-order chi connectivity index (χ1) is 13.9. The molecule has 0 spiro atoms. The van der Waals surface area contributed by atoms with E-state index in [4.69, 9.17) is 16.3 Å². The molecule has 1 heterocycles. The largest absolute Gasteiger partial charge is 0.444 e. The van der Waals surface area contributed by atoms with E-state index in [0.717, 1.165) is 12.8 Å². The van der Waals surface area contributed by atoms with E-state index in [0.29, 0.717) is 31.9 Å². The molecular formula is C24H45ClN2O3. The maximum Gasteiger partial charge on any atom is 0.410 e. The minimum Gasteiger partial charge on any atom is -0.444 e. The highest BCUT2D eigenvalue weighted by Crippen LogP contribution is 2.31. The highest BCUT2D eigenvalue weighted by atomic mass is 35.5. The van der Waals surface area contributed by atoms with Crippen molar-refractivity contribution in [3.63, 3.8) is 0 Å². The Balaban J connectivity index is 0.000000637. The quantitative estimate of drug-likeness (QED) is 0.518. The average Bonchev–Trinajstić information content (AvgIpc) is 2.72. The predicted molar refractivity (Wildman–Crippen MR) is 125 cm³/mol. The van der Waals surface area contributed by atoms with Gasteiger partial charge in [0.15, 0.2) is 0 Å². The second-order valence-electron chi connectivity index (χ2n) is 10.6. The summed E-state index contributed by atoms with van der Waals surface area (Å²) < 4.78 is 5.42. The molecule has 1 unspecified atom stereocenters. The van der Waals surface area contributed by atoms with E-state index in [1.165, 1.54) is 38.5 Å². The molecule has 0 aromatic rings. The Kier molecular flexibility index (Phi) is 11.0. The van der Waals surface area contributed by atoms with Crippen LogP contribution in [0.25, 0.3) is 0 Å². The first kappa shape index (κ1) is 27.1. The normalized spacial score (nSPS) is 21.0. The zero-order valence-electron chi connectivity index (χ0n) is 20.2. The lowest BCUT2D eigenvalue weighted by Crippen LogP contribution is -2.49. The molecule has 5 nitrogen and oxygen atoms in total. The van der Waals surface area contributed by atoms with E-state index in [9.17, 15) is 9.59 Å². The van der Waals surface area contributed by atoms with Gasteiger partial charge in [-0.3, -0.25) is 4.79 Å². The van der Waals surface area contributed by atoms with Gasteiger partial charge in [0.05, 0.1) is 5.41 Å². The second kappa shape index (κ2) is 12.2. The van der Waals surface area contributed by atoms with Crippen LogP contribution in [0.3, 0.4) is 0 Å². The summed E-state index contributed by atoms with van der Waals surface area (Å²) in [6.45, 7) is 13.6. The number of ether oxygens (including phenoxy) is 1. The molecule has 1 aliphatic carbocycles. The number of rotatable bonds is 5. The van der Waals surface area contributed by atoms with Crippen LogP contribution in [0.4, 0.5) is 4.79 Å². The van der Waals surface area contributed by atoms with E-state index in [1.807, 2.05) is 34.6 Å². The number of likely N-dealkylation sites (tertiary alicyclic amines) is 1. The topological polar surface area (TPSA) is 58.6 Å². The van der Waals surface area contributed by atoms with Gasteiger partial charge in [0.1, 0.15) is 5.60 Å². The third-order valence-electron chi connectivity index (χ3n) is 6.42. The zero-order chi connectivity index (χ0) is 22.8. The molecule has 1 aliphatic heterocycles. The second-order valence-corrected chi connectivity index (χ2v) is 10.9. The third-order valence-corrected chi connectivity index (χ3v) is 7.01. The predicted octanol–water partition coefficient (Wildman–Crippen LogP) is 6.14. The Morgan fingerprint density at radius 1 is 1.00 bits per heavy atom. The van der Waals surface area contributed by atoms with Crippen molar-refractivity contribution in [1.82, 2.24) is 10.2 Å². The van der Waals surface area contributed by atoms with Crippen LogP contribution in [0, 0.1) is 10.8 Å². The van der Waals surface area contributed by atoms with Gasteiger partial charge in [-0.15, -0.1) is 11.6 Å². The first-order valence-electron chi connectivity index (χ1n) is 11.8. The number of nitrogens with zero attached hydrogens (tertiary/aromatic N) is 1. The Bertz CT molecular complexity index is 518. The van der Waals surface area contributed by atoms with Gasteiger partial charge in [0.2, 0.25) is 5.91 Å². The minimum atomic E-state index is -0.519. The fourth-order valence-corrected chi connectivity index (χ4v) is 3.93. The lowest BCUT2D eigenvalue weighted by atomic mass is 9.80. The summed E-state index contributed by atoms with van der Waals surface area (Å²) >= 11 is 5.95. The number of hydrogen-bond acceptors (Lipinski definition) is 3. The molecule has 1 N–H and O–H groups in total. The number of alkyl halides is 1. The Morgan fingerprint density at radius 2 is 1.47 bits per heavy atom. The number of nitrogens with one attached hydrogen (secondary N) is 1. The van der Waals surface area contributed by atoms with Gasteiger partial charge in [0, 0.05) is 25.5 Å². The van der Waals surface area contributed by atoms with Crippen LogP contribution in [0.5, 0.6) is 0 Å². The summed E-state index contributed by atoms with van der Waals surface area (Å²) in [6, 6.07) is 0. The van der Waals surface area contributed by atoms with Gasteiger partial charge in [-0.2, -0.15) is 0 Å². The summed E-state index contributed by atoms with van der Waals surface area (Å²) in [5, 5.41) is 3.06. The van der Waals surface area contributed by atoms with Gasteiger partial charge >= 0.3 is 6.09 Å². The number of carbonyl (C=O) groups is 2. The standard InChI is InChI=1S/C18H33ClN2O3.C6H12/c1-7-18(6,12-19)14(22)20-13-17(5)8-10-21(11-9-17)15(23)24-16(2,3)4;1-2-4-6-5-3-1/h7-13H2,1-6H3,(H,20,22);1-6H2. The molecule has 2 amide bonds. The van der Waals surface area contributed by atoms with Crippen molar-refractivity contribution >= 4 is 23.6 Å². The summed E-state index contributed by atoms with van der Waals surface area (Å²) in [4.78, 5) is 26.2.